The standard InChI is InChI=1S/C24H18Cl2N4O2/c25-19-5-3-6-20(26)18(19)14-23(31)29-30-24(32)15-8-10-16(11-9-15)28-22-12-13-27-21-7-2-1-4-17(21)22/h1-13H,14H2,(H,27,28)(H,29,31)(H,30,32). The first kappa shape index (κ1) is 21.6. The van der Waals surface area contributed by atoms with Crippen molar-refractivity contribution < 1.29 is 9.59 Å². The summed E-state index contributed by atoms with van der Waals surface area (Å²) in [5.74, 6) is -0.874. The third-order valence-electron chi connectivity index (χ3n) is 4.79. The summed E-state index contributed by atoms with van der Waals surface area (Å²) in [4.78, 5) is 28.9. The lowest BCUT2D eigenvalue weighted by atomic mass is 10.1. The highest BCUT2D eigenvalue weighted by Gasteiger charge is 2.12. The second kappa shape index (κ2) is 9.68. The number of fused-ring (bicyclic) bond motifs is 1. The van der Waals surface area contributed by atoms with Gasteiger partial charge in [-0.3, -0.25) is 25.4 Å². The van der Waals surface area contributed by atoms with Crippen molar-refractivity contribution in [3.8, 4) is 0 Å². The summed E-state index contributed by atoms with van der Waals surface area (Å²) in [7, 11) is 0. The van der Waals surface area contributed by atoms with Crippen molar-refractivity contribution in [1.82, 2.24) is 15.8 Å². The number of para-hydroxylation sites is 1. The van der Waals surface area contributed by atoms with Crippen LogP contribution in [-0.4, -0.2) is 16.8 Å². The summed E-state index contributed by atoms with van der Waals surface area (Å²) in [6.07, 6.45) is 1.69. The molecule has 0 saturated carbocycles. The average molecular weight is 465 g/mol. The Morgan fingerprint density at radius 2 is 1.53 bits per heavy atom. The second-order valence-corrected chi connectivity index (χ2v) is 7.77. The van der Waals surface area contributed by atoms with Gasteiger partial charge in [-0.2, -0.15) is 0 Å². The van der Waals surface area contributed by atoms with E-state index in [-0.39, 0.29) is 6.42 Å². The summed E-state index contributed by atoms with van der Waals surface area (Å²) in [5, 5.41) is 5.12. The van der Waals surface area contributed by atoms with E-state index in [0.29, 0.717) is 21.2 Å². The van der Waals surface area contributed by atoms with Gasteiger partial charge in [0, 0.05) is 38.6 Å². The van der Waals surface area contributed by atoms with Crippen LogP contribution in [0.15, 0.2) is 79.0 Å². The van der Waals surface area contributed by atoms with E-state index >= 15 is 0 Å². The number of pyridine rings is 1. The minimum absolute atomic E-state index is 0.0540. The molecule has 1 heterocycles. The number of carbonyl (C=O) groups is 2. The highest BCUT2D eigenvalue weighted by molar-refractivity contribution is 6.36. The number of halogens is 2. The molecule has 1 aromatic heterocycles. The summed E-state index contributed by atoms with van der Waals surface area (Å²) >= 11 is 12.2. The minimum Gasteiger partial charge on any atom is -0.355 e. The van der Waals surface area contributed by atoms with E-state index in [9.17, 15) is 9.59 Å². The monoisotopic (exact) mass is 464 g/mol. The number of rotatable bonds is 5. The van der Waals surface area contributed by atoms with Crippen molar-refractivity contribution in [2.45, 2.75) is 6.42 Å². The van der Waals surface area contributed by atoms with Gasteiger partial charge < -0.3 is 5.32 Å². The van der Waals surface area contributed by atoms with Crippen molar-refractivity contribution in [3.63, 3.8) is 0 Å². The fraction of sp³-hybridized carbons (Fsp3) is 0.0417. The molecule has 0 bridgehead atoms. The van der Waals surface area contributed by atoms with E-state index in [1.165, 1.54) is 0 Å². The first-order chi connectivity index (χ1) is 15.5. The zero-order valence-corrected chi connectivity index (χ0v) is 18.2. The van der Waals surface area contributed by atoms with Crippen LogP contribution in [0.1, 0.15) is 15.9 Å². The van der Waals surface area contributed by atoms with Gasteiger partial charge in [0.15, 0.2) is 0 Å². The highest BCUT2D eigenvalue weighted by atomic mass is 35.5. The van der Waals surface area contributed by atoms with Gasteiger partial charge in [-0.25, -0.2) is 0 Å². The van der Waals surface area contributed by atoms with Gasteiger partial charge in [0.1, 0.15) is 0 Å². The predicted octanol–water partition coefficient (Wildman–Crippen LogP) is 5.29. The molecular weight excluding hydrogens is 447 g/mol. The quantitative estimate of drug-likeness (QED) is 0.350. The number of carbonyl (C=O) groups excluding carboxylic acids is 2. The fourth-order valence-electron chi connectivity index (χ4n) is 3.17. The lowest BCUT2D eigenvalue weighted by Crippen LogP contribution is -2.42. The molecule has 3 aromatic carbocycles. The average Bonchev–Trinajstić information content (AvgIpc) is 2.81. The van der Waals surface area contributed by atoms with Crippen molar-refractivity contribution in [1.29, 1.82) is 0 Å². The molecule has 0 fully saturated rings. The number of amides is 2. The summed E-state index contributed by atoms with van der Waals surface area (Å²) < 4.78 is 0. The number of hydrogen-bond donors (Lipinski definition) is 3. The Kier molecular flexibility index (Phi) is 6.54. The van der Waals surface area contributed by atoms with Crippen LogP contribution in [0.2, 0.25) is 10.0 Å². The van der Waals surface area contributed by atoms with E-state index in [0.717, 1.165) is 22.3 Å². The van der Waals surface area contributed by atoms with Crippen LogP contribution in [0.25, 0.3) is 10.9 Å². The smallest absolute Gasteiger partial charge is 0.269 e. The number of nitrogens with one attached hydrogen (secondary N) is 3. The fourth-order valence-corrected chi connectivity index (χ4v) is 3.70. The molecule has 6 nitrogen and oxygen atoms in total. The lowest BCUT2D eigenvalue weighted by Gasteiger charge is -2.11. The van der Waals surface area contributed by atoms with E-state index < -0.39 is 11.8 Å². The molecule has 4 rings (SSSR count). The van der Waals surface area contributed by atoms with Crippen LogP contribution in [0.4, 0.5) is 11.4 Å². The third kappa shape index (κ3) is 4.99. The molecule has 0 saturated heterocycles. The van der Waals surface area contributed by atoms with Gasteiger partial charge in [-0.05, 0) is 54.1 Å². The number of anilines is 2. The first-order valence-electron chi connectivity index (χ1n) is 9.74. The van der Waals surface area contributed by atoms with Gasteiger partial charge in [0.25, 0.3) is 5.91 Å². The molecule has 32 heavy (non-hydrogen) atoms. The molecule has 0 aliphatic carbocycles. The van der Waals surface area contributed by atoms with Gasteiger partial charge in [0.2, 0.25) is 5.91 Å². The predicted molar refractivity (Wildman–Crippen MR) is 127 cm³/mol. The normalized spacial score (nSPS) is 10.6. The van der Waals surface area contributed by atoms with E-state index in [4.69, 9.17) is 23.2 Å². The lowest BCUT2D eigenvalue weighted by molar-refractivity contribution is -0.121. The Hall–Kier alpha value is -3.61. The third-order valence-corrected chi connectivity index (χ3v) is 5.50. The molecule has 160 valence electrons. The molecule has 8 heteroatoms. The van der Waals surface area contributed by atoms with Crippen LogP contribution < -0.4 is 16.2 Å². The van der Waals surface area contributed by atoms with Gasteiger partial charge in [-0.1, -0.05) is 47.5 Å². The number of benzene rings is 3. The number of hydrazine groups is 1. The maximum Gasteiger partial charge on any atom is 0.269 e. The van der Waals surface area contributed by atoms with Crippen LogP contribution in [0.3, 0.4) is 0 Å². The molecule has 0 aliphatic heterocycles. The Morgan fingerprint density at radius 1 is 0.812 bits per heavy atom. The van der Waals surface area contributed by atoms with Gasteiger partial charge in [-0.15, -0.1) is 0 Å². The van der Waals surface area contributed by atoms with Crippen molar-refractivity contribution in [2.75, 3.05) is 5.32 Å². The SMILES string of the molecule is O=C(Cc1c(Cl)cccc1Cl)NNC(=O)c1ccc(Nc2ccnc3ccccc23)cc1. The summed E-state index contributed by atoms with van der Waals surface area (Å²) in [6.45, 7) is 0. The van der Waals surface area contributed by atoms with Gasteiger partial charge in [0.05, 0.1) is 11.9 Å². The van der Waals surface area contributed by atoms with Crippen LogP contribution >= 0.6 is 23.2 Å². The van der Waals surface area contributed by atoms with E-state index in [1.807, 2.05) is 30.3 Å². The van der Waals surface area contributed by atoms with Crippen LogP contribution in [-0.2, 0) is 11.2 Å². The van der Waals surface area contributed by atoms with E-state index in [1.54, 1.807) is 48.7 Å². The molecule has 3 N–H and O–H groups in total. The molecule has 2 amide bonds. The van der Waals surface area contributed by atoms with Crippen molar-refractivity contribution in [3.05, 3.63) is 100 Å². The first-order valence-corrected chi connectivity index (χ1v) is 10.5. The molecule has 0 spiro atoms. The number of aromatic nitrogens is 1. The molecule has 0 atom stereocenters. The summed E-state index contributed by atoms with van der Waals surface area (Å²) in [5.41, 5.74) is 8.30. The van der Waals surface area contributed by atoms with Crippen LogP contribution in [0, 0.1) is 0 Å². The Bertz CT molecular complexity index is 1270. The largest absolute Gasteiger partial charge is 0.355 e. The van der Waals surface area contributed by atoms with Gasteiger partial charge >= 0.3 is 0 Å². The molecule has 0 radical (unpaired) electrons. The number of nitrogens with zero attached hydrogens (tertiary/aromatic N) is 1. The van der Waals surface area contributed by atoms with Crippen LogP contribution in [0.5, 0.6) is 0 Å². The maximum absolute atomic E-state index is 12.4. The topological polar surface area (TPSA) is 83.1 Å². The molecular formula is C24H18Cl2N4O2. The maximum atomic E-state index is 12.4. The Balaban J connectivity index is 1.36. The Labute approximate surface area is 194 Å². The second-order valence-electron chi connectivity index (χ2n) is 6.96. The Morgan fingerprint density at radius 3 is 2.28 bits per heavy atom. The highest BCUT2D eigenvalue weighted by Crippen LogP contribution is 2.25. The number of hydrogen-bond acceptors (Lipinski definition) is 4. The molecule has 0 aliphatic rings. The van der Waals surface area contributed by atoms with Crippen molar-refractivity contribution >= 4 is 57.3 Å². The zero-order chi connectivity index (χ0) is 22.5. The minimum atomic E-state index is -0.440. The summed E-state index contributed by atoms with van der Waals surface area (Å²) in [6, 6.07) is 21.6. The molecule has 4 aromatic rings. The zero-order valence-electron chi connectivity index (χ0n) is 16.7. The van der Waals surface area contributed by atoms with Crippen molar-refractivity contribution in [2.24, 2.45) is 0 Å². The molecule has 0 unspecified atom stereocenters. The van der Waals surface area contributed by atoms with E-state index in [2.05, 4.69) is 21.2 Å².